The highest BCUT2D eigenvalue weighted by atomic mass is 16.5. The van der Waals surface area contributed by atoms with E-state index in [0.29, 0.717) is 17.9 Å². The SMILES string of the molecule is [CH2]C(CO)c1ccc(OCC)c(C#N)c1. The molecule has 1 aromatic carbocycles. The molecule has 79 valence electrons. The fourth-order valence-electron chi connectivity index (χ4n) is 1.28. The first kappa shape index (κ1) is 11.5. The summed E-state index contributed by atoms with van der Waals surface area (Å²) < 4.78 is 5.29. The first-order valence-corrected chi connectivity index (χ1v) is 4.83. The van der Waals surface area contributed by atoms with Gasteiger partial charge in [-0.1, -0.05) is 6.07 Å². The molecule has 1 radical (unpaired) electrons. The van der Waals surface area contributed by atoms with Crippen molar-refractivity contribution in [3.63, 3.8) is 0 Å². The Labute approximate surface area is 89.9 Å². The van der Waals surface area contributed by atoms with Gasteiger partial charge in [0.25, 0.3) is 0 Å². The van der Waals surface area contributed by atoms with Gasteiger partial charge in [-0.2, -0.15) is 5.26 Å². The van der Waals surface area contributed by atoms with Crippen molar-refractivity contribution in [2.24, 2.45) is 0 Å². The number of aliphatic hydroxyl groups excluding tert-OH is 1. The van der Waals surface area contributed by atoms with Gasteiger partial charge in [-0.15, -0.1) is 0 Å². The monoisotopic (exact) mass is 204 g/mol. The second kappa shape index (κ2) is 5.38. The number of nitriles is 1. The number of hydrogen-bond acceptors (Lipinski definition) is 3. The minimum absolute atomic E-state index is 0.0289. The van der Waals surface area contributed by atoms with E-state index in [0.717, 1.165) is 5.56 Å². The second-order valence-corrected chi connectivity index (χ2v) is 3.18. The van der Waals surface area contributed by atoms with E-state index in [2.05, 4.69) is 13.0 Å². The molecule has 1 unspecified atom stereocenters. The zero-order chi connectivity index (χ0) is 11.3. The molecule has 0 spiro atoms. The second-order valence-electron chi connectivity index (χ2n) is 3.18. The molecule has 0 heterocycles. The van der Waals surface area contributed by atoms with E-state index in [-0.39, 0.29) is 12.5 Å². The quantitative estimate of drug-likeness (QED) is 0.814. The van der Waals surface area contributed by atoms with Crippen molar-refractivity contribution in [1.82, 2.24) is 0 Å². The number of benzene rings is 1. The lowest BCUT2D eigenvalue weighted by Crippen LogP contribution is -2.01. The molecule has 0 aliphatic carbocycles. The summed E-state index contributed by atoms with van der Waals surface area (Å²) in [7, 11) is 0. The summed E-state index contributed by atoms with van der Waals surface area (Å²) in [6, 6.07) is 7.33. The first-order valence-electron chi connectivity index (χ1n) is 4.83. The van der Waals surface area contributed by atoms with Gasteiger partial charge in [0, 0.05) is 12.5 Å². The lowest BCUT2D eigenvalue weighted by atomic mass is 10.00. The molecular formula is C12H14NO2. The molecule has 1 aromatic rings. The van der Waals surface area contributed by atoms with Crippen LogP contribution in [0.1, 0.15) is 24.0 Å². The van der Waals surface area contributed by atoms with E-state index >= 15 is 0 Å². The van der Waals surface area contributed by atoms with Crippen molar-refractivity contribution in [3.8, 4) is 11.8 Å². The van der Waals surface area contributed by atoms with Gasteiger partial charge in [0.1, 0.15) is 11.8 Å². The topological polar surface area (TPSA) is 53.2 Å². The van der Waals surface area contributed by atoms with Crippen LogP contribution in [0.15, 0.2) is 18.2 Å². The van der Waals surface area contributed by atoms with E-state index < -0.39 is 0 Å². The maximum absolute atomic E-state index is 8.95. The van der Waals surface area contributed by atoms with Gasteiger partial charge >= 0.3 is 0 Å². The Morgan fingerprint density at radius 1 is 1.60 bits per heavy atom. The molecule has 1 N–H and O–H groups in total. The minimum Gasteiger partial charge on any atom is -0.492 e. The van der Waals surface area contributed by atoms with Crippen LogP contribution >= 0.6 is 0 Å². The summed E-state index contributed by atoms with van der Waals surface area (Å²) in [4.78, 5) is 0. The highest BCUT2D eigenvalue weighted by Gasteiger charge is 2.08. The van der Waals surface area contributed by atoms with Crippen LogP contribution in [0, 0.1) is 18.3 Å². The Balaban J connectivity index is 3.03. The molecule has 0 aromatic heterocycles. The molecule has 0 fully saturated rings. The minimum atomic E-state index is -0.201. The van der Waals surface area contributed by atoms with Crippen molar-refractivity contribution in [2.45, 2.75) is 12.8 Å². The number of ether oxygens (including phenoxy) is 1. The standard InChI is InChI=1S/C12H14NO2/c1-3-15-12-5-4-10(9(2)8-14)6-11(12)7-13/h4-6,9,14H,2-3,8H2,1H3. The molecule has 3 nitrogen and oxygen atoms in total. The lowest BCUT2D eigenvalue weighted by Gasteiger charge is -2.11. The van der Waals surface area contributed by atoms with Crippen molar-refractivity contribution in [1.29, 1.82) is 5.26 Å². The van der Waals surface area contributed by atoms with E-state index in [4.69, 9.17) is 15.1 Å². The third kappa shape index (κ3) is 2.71. The number of rotatable bonds is 4. The Hall–Kier alpha value is -1.53. The average molecular weight is 204 g/mol. The fraction of sp³-hybridized carbons (Fsp3) is 0.333. The normalized spacial score (nSPS) is 11.9. The van der Waals surface area contributed by atoms with Crippen LogP contribution in [-0.2, 0) is 0 Å². The first-order chi connectivity index (χ1) is 7.22. The molecule has 0 saturated heterocycles. The van der Waals surface area contributed by atoms with Crippen LogP contribution in [0.2, 0.25) is 0 Å². The van der Waals surface area contributed by atoms with Gasteiger partial charge in [-0.25, -0.2) is 0 Å². The zero-order valence-corrected chi connectivity index (χ0v) is 8.73. The van der Waals surface area contributed by atoms with Gasteiger partial charge in [0.15, 0.2) is 0 Å². The number of nitrogens with zero attached hydrogens (tertiary/aromatic N) is 1. The zero-order valence-electron chi connectivity index (χ0n) is 8.73. The van der Waals surface area contributed by atoms with Crippen LogP contribution in [0.3, 0.4) is 0 Å². The summed E-state index contributed by atoms with van der Waals surface area (Å²) in [5.41, 5.74) is 1.33. The summed E-state index contributed by atoms with van der Waals surface area (Å²) in [6.07, 6.45) is 0. The Morgan fingerprint density at radius 2 is 2.33 bits per heavy atom. The highest BCUT2D eigenvalue weighted by molar-refractivity contribution is 5.46. The summed E-state index contributed by atoms with van der Waals surface area (Å²) >= 11 is 0. The van der Waals surface area contributed by atoms with E-state index in [1.165, 1.54) is 0 Å². The maximum atomic E-state index is 8.95. The highest BCUT2D eigenvalue weighted by Crippen LogP contribution is 2.23. The molecule has 1 atom stereocenters. The van der Waals surface area contributed by atoms with Crippen molar-refractivity contribution < 1.29 is 9.84 Å². The predicted octanol–water partition coefficient (Wildman–Crippen LogP) is 1.87. The summed E-state index contributed by atoms with van der Waals surface area (Å²) in [5, 5.41) is 17.9. The van der Waals surface area contributed by atoms with E-state index in [9.17, 15) is 0 Å². The number of hydrogen-bond donors (Lipinski definition) is 1. The van der Waals surface area contributed by atoms with E-state index in [1.807, 2.05) is 13.0 Å². The molecule has 0 saturated carbocycles. The largest absolute Gasteiger partial charge is 0.492 e. The van der Waals surface area contributed by atoms with Gasteiger partial charge in [-0.05, 0) is 31.5 Å². The number of aliphatic hydroxyl groups is 1. The van der Waals surface area contributed by atoms with Crippen LogP contribution in [0.4, 0.5) is 0 Å². The molecule has 0 bridgehead atoms. The van der Waals surface area contributed by atoms with Crippen LogP contribution < -0.4 is 4.74 Å². The smallest absolute Gasteiger partial charge is 0.137 e. The molecule has 3 heteroatoms. The van der Waals surface area contributed by atoms with Gasteiger partial charge in [-0.3, -0.25) is 0 Å². The third-order valence-corrected chi connectivity index (χ3v) is 2.12. The lowest BCUT2D eigenvalue weighted by molar-refractivity contribution is 0.282. The van der Waals surface area contributed by atoms with Gasteiger partial charge in [0.2, 0.25) is 0 Å². The summed E-state index contributed by atoms with van der Waals surface area (Å²) in [5.74, 6) is 0.377. The van der Waals surface area contributed by atoms with Gasteiger partial charge < -0.3 is 9.84 Å². The van der Waals surface area contributed by atoms with Crippen molar-refractivity contribution >= 4 is 0 Å². The fourth-order valence-corrected chi connectivity index (χ4v) is 1.28. The molecule has 0 amide bonds. The average Bonchev–Trinajstić information content (AvgIpc) is 2.29. The third-order valence-electron chi connectivity index (χ3n) is 2.12. The molecule has 0 aliphatic rings. The Kier molecular flexibility index (Phi) is 4.14. The molecule has 15 heavy (non-hydrogen) atoms. The molecular weight excluding hydrogens is 190 g/mol. The molecule has 1 rings (SSSR count). The van der Waals surface area contributed by atoms with Crippen LogP contribution in [0.5, 0.6) is 5.75 Å². The van der Waals surface area contributed by atoms with Crippen LogP contribution in [0.25, 0.3) is 0 Å². The Morgan fingerprint density at radius 3 is 2.87 bits per heavy atom. The van der Waals surface area contributed by atoms with E-state index in [1.54, 1.807) is 12.1 Å². The Bertz CT molecular complexity index is 368. The maximum Gasteiger partial charge on any atom is 0.137 e. The summed E-state index contributed by atoms with van der Waals surface area (Å²) in [6.45, 7) is 6.15. The van der Waals surface area contributed by atoms with Crippen molar-refractivity contribution in [3.05, 3.63) is 36.2 Å². The van der Waals surface area contributed by atoms with Gasteiger partial charge in [0.05, 0.1) is 12.2 Å². The predicted molar refractivity (Wildman–Crippen MR) is 57.5 cm³/mol. The van der Waals surface area contributed by atoms with Crippen molar-refractivity contribution in [2.75, 3.05) is 13.2 Å². The molecule has 0 aliphatic heterocycles. The van der Waals surface area contributed by atoms with Crippen LogP contribution in [-0.4, -0.2) is 18.3 Å².